The molecular weight excluding hydrogens is 178 g/mol. The van der Waals surface area contributed by atoms with Gasteiger partial charge in [0.15, 0.2) is 0 Å². The Balaban J connectivity index is 0.000000360. The maximum atomic E-state index is 2.07. The molecular formula is C4H8S2Zn. The Morgan fingerprint density at radius 1 is 0.714 bits per heavy atom. The summed E-state index contributed by atoms with van der Waals surface area (Å²) in [7, 11) is 0. The van der Waals surface area contributed by atoms with Crippen molar-refractivity contribution in [1.29, 1.82) is 0 Å². The van der Waals surface area contributed by atoms with Gasteiger partial charge in [-0.2, -0.15) is 23.5 Å². The molecule has 0 N–H and O–H groups in total. The van der Waals surface area contributed by atoms with Crippen LogP contribution in [0.5, 0.6) is 0 Å². The molecule has 1 fully saturated rings. The van der Waals surface area contributed by atoms with Gasteiger partial charge in [0.1, 0.15) is 0 Å². The smallest absolute Gasteiger partial charge is 0.00238 e. The molecule has 0 spiro atoms. The van der Waals surface area contributed by atoms with Crippen molar-refractivity contribution >= 4 is 23.5 Å². The van der Waals surface area contributed by atoms with Crippen molar-refractivity contribution < 1.29 is 19.5 Å². The van der Waals surface area contributed by atoms with E-state index in [1.807, 2.05) is 0 Å². The molecule has 0 nitrogen and oxygen atoms in total. The van der Waals surface area contributed by atoms with Crippen LogP contribution in [0.2, 0.25) is 0 Å². The molecule has 0 aromatic heterocycles. The SMILES string of the molecule is C1CSCCS1.[Zn]. The van der Waals surface area contributed by atoms with Crippen molar-refractivity contribution in [2.75, 3.05) is 23.0 Å². The first-order chi connectivity index (χ1) is 3.00. The van der Waals surface area contributed by atoms with Gasteiger partial charge in [-0.3, -0.25) is 0 Å². The summed E-state index contributed by atoms with van der Waals surface area (Å²) in [5.41, 5.74) is 0. The maximum Gasteiger partial charge on any atom is 0.00238 e. The molecule has 1 rings (SSSR count). The van der Waals surface area contributed by atoms with Gasteiger partial charge in [0.25, 0.3) is 0 Å². The molecule has 0 unspecified atom stereocenters. The van der Waals surface area contributed by atoms with E-state index >= 15 is 0 Å². The minimum Gasteiger partial charge on any atom is -0.160 e. The van der Waals surface area contributed by atoms with Crippen LogP contribution in [0.15, 0.2) is 0 Å². The second-order valence-electron chi connectivity index (χ2n) is 1.22. The molecule has 0 aromatic carbocycles. The van der Waals surface area contributed by atoms with Gasteiger partial charge in [0.2, 0.25) is 0 Å². The first-order valence-electron chi connectivity index (χ1n) is 2.15. The monoisotopic (exact) mass is 184 g/mol. The van der Waals surface area contributed by atoms with Gasteiger partial charge in [-0.15, -0.1) is 0 Å². The van der Waals surface area contributed by atoms with Crippen LogP contribution in [-0.2, 0) is 19.5 Å². The number of thioether (sulfide) groups is 2. The van der Waals surface area contributed by atoms with Crippen molar-refractivity contribution in [2.45, 2.75) is 0 Å². The Hall–Kier alpha value is 1.32. The number of rotatable bonds is 0. The van der Waals surface area contributed by atoms with E-state index in [1.54, 1.807) is 0 Å². The molecule has 1 saturated heterocycles. The van der Waals surface area contributed by atoms with E-state index < -0.39 is 0 Å². The van der Waals surface area contributed by atoms with Crippen LogP contribution in [0.1, 0.15) is 0 Å². The van der Waals surface area contributed by atoms with E-state index in [2.05, 4.69) is 23.5 Å². The van der Waals surface area contributed by atoms with Crippen molar-refractivity contribution in [3.05, 3.63) is 0 Å². The second-order valence-corrected chi connectivity index (χ2v) is 3.67. The van der Waals surface area contributed by atoms with E-state index in [9.17, 15) is 0 Å². The summed E-state index contributed by atoms with van der Waals surface area (Å²) >= 11 is 4.15. The fourth-order valence-electron chi connectivity index (χ4n) is 0.440. The molecule has 0 bridgehead atoms. The molecule has 0 radical (unpaired) electrons. The van der Waals surface area contributed by atoms with Crippen molar-refractivity contribution in [1.82, 2.24) is 0 Å². The Kier molecular flexibility index (Phi) is 6.49. The van der Waals surface area contributed by atoms with Crippen LogP contribution in [-0.4, -0.2) is 23.0 Å². The van der Waals surface area contributed by atoms with Gasteiger partial charge >= 0.3 is 0 Å². The third-order valence-electron chi connectivity index (χ3n) is 0.744. The fourth-order valence-corrected chi connectivity index (χ4v) is 2.73. The third kappa shape index (κ3) is 3.87. The van der Waals surface area contributed by atoms with Crippen molar-refractivity contribution in [3.63, 3.8) is 0 Å². The molecule has 7 heavy (non-hydrogen) atoms. The standard InChI is InChI=1S/C4H8S2.Zn/c1-2-6-4-3-5-1;/h1-4H2;. The molecule has 0 saturated carbocycles. The largest absolute Gasteiger partial charge is 0.160 e. The first kappa shape index (κ1) is 8.32. The van der Waals surface area contributed by atoms with Crippen LogP contribution >= 0.6 is 23.5 Å². The summed E-state index contributed by atoms with van der Waals surface area (Å²) in [5.74, 6) is 5.52. The molecule has 0 atom stereocenters. The van der Waals surface area contributed by atoms with Gasteiger partial charge in [0.05, 0.1) is 0 Å². The Morgan fingerprint density at radius 3 is 1.14 bits per heavy atom. The van der Waals surface area contributed by atoms with Gasteiger partial charge < -0.3 is 0 Å². The van der Waals surface area contributed by atoms with Crippen LogP contribution in [0, 0.1) is 0 Å². The molecule has 1 aliphatic heterocycles. The maximum absolute atomic E-state index is 2.07. The topological polar surface area (TPSA) is 0 Å². The summed E-state index contributed by atoms with van der Waals surface area (Å²) in [6.07, 6.45) is 0. The molecule has 1 heterocycles. The Labute approximate surface area is 66.0 Å². The minimum absolute atomic E-state index is 0. The van der Waals surface area contributed by atoms with Crippen LogP contribution in [0.4, 0.5) is 0 Å². The third-order valence-corrected chi connectivity index (χ3v) is 3.23. The average Bonchev–Trinajstić information content (AvgIpc) is 1.72. The van der Waals surface area contributed by atoms with E-state index in [0.29, 0.717) is 0 Å². The van der Waals surface area contributed by atoms with Crippen LogP contribution < -0.4 is 0 Å². The van der Waals surface area contributed by atoms with Crippen molar-refractivity contribution in [3.8, 4) is 0 Å². The van der Waals surface area contributed by atoms with E-state index in [4.69, 9.17) is 0 Å². The predicted molar refractivity (Wildman–Crippen MR) is 34.6 cm³/mol. The Bertz CT molecular complexity index is 25.2. The summed E-state index contributed by atoms with van der Waals surface area (Å²) < 4.78 is 0. The first-order valence-corrected chi connectivity index (χ1v) is 4.46. The molecule has 0 amide bonds. The number of hydrogen-bond acceptors (Lipinski definition) is 2. The average molecular weight is 186 g/mol. The molecule has 3 heteroatoms. The zero-order chi connectivity index (χ0) is 4.24. The Morgan fingerprint density at radius 2 is 1.00 bits per heavy atom. The molecule has 0 aliphatic carbocycles. The summed E-state index contributed by atoms with van der Waals surface area (Å²) in [4.78, 5) is 0. The van der Waals surface area contributed by atoms with E-state index in [-0.39, 0.29) is 19.5 Å². The molecule has 38 valence electrons. The summed E-state index contributed by atoms with van der Waals surface area (Å²) in [6, 6.07) is 0. The van der Waals surface area contributed by atoms with Gasteiger partial charge in [-0.05, 0) is 0 Å². The van der Waals surface area contributed by atoms with Gasteiger partial charge in [-0.1, -0.05) is 0 Å². The molecule has 1 aliphatic rings. The van der Waals surface area contributed by atoms with Gasteiger partial charge in [0, 0.05) is 42.5 Å². The fraction of sp³-hybridized carbons (Fsp3) is 1.00. The second kappa shape index (κ2) is 5.46. The quantitative estimate of drug-likeness (QED) is 0.525. The summed E-state index contributed by atoms with van der Waals surface area (Å²) in [5, 5.41) is 0. The van der Waals surface area contributed by atoms with Crippen LogP contribution in [0.3, 0.4) is 0 Å². The normalized spacial score (nSPS) is 20.6. The minimum atomic E-state index is 0. The zero-order valence-electron chi connectivity index (χ0n) is 4.35. The summed E-state index contributed by atoms with van der Waals surface area (Å²) in [6.45, 7) is 0. The number of hydrogen-bond donors (Lipinski definition) is 0. The molecule has 0 aromatic rings. The van der Waals surface area contributed by atoms with Crippen molar-refractivity contribution in [2.24, 2.45) is 0 Å². The van der Waals surface area contributed by atoms with Gasteiger partial charge in [-0.25, -0.2) is 0 Å². The predicted octanol–water partition coefficient (Wildman–Crippen LogP) is 1.46. The van der Waals surface area contributed by atoms with E-state index in [1.165, 1.54) is 23.0 Å². The van der Waals surface area contributed by atoms with E-state index in [0.717, 1.165) is 0 Å². The van der Waals surface area contributed by atoms with Crippen LogP contribution in [0.25, 0.3) is 0 Å². The zero-order valence-corrected chi connectivity index (χ0v) is 8.95.